The summed E-state index contributed by atoms with van der Waals surface area (Å²) in [6, 6.07) is 9.31. The van der Waals surface area contributed by atoms with Gasteiger partial charge in [-0.1, -0.05) is 11.6 Å². The van der Waals surface area contributed by atoms with Crippen molar-refractivity contribution in [1.29, 1.82) is 0 Å². The molecule has 2 heterocycles. The number of benzene rings is 1. The fraction of sp³-hybridized carbons (Fsp3) is 0.0714. The zero-order valence-electron chi connectivity index (χ0n) is 10.3. The summed E-state index contributed by atoms with van der Waals surface area (Å²) < 4.78 is 0. The lowest BCUT2D eigenvalue weighted by atomic mass is 10.1. The van der Waals surface area contributed by atoms with E-state index in [1.807, 2.05) is 25.1 Å². The number of hydrogen-bond donors (Lipinski definition) is 2. The third-order valence-corrected chi connectivity index (χ3v) is 2.87. The topological polar surface area (TPSA) is 70.7 Å². The molecule has 0 spiro atoms. The van der Waals surface area contributed by atoms with Crippen LogP contribution in [0.2, 0.25) is 0 Å². The van der Waals surface area contributed by atoms with Gasteiger partial charge in [0.1, 0.15) is 0 Å². The van der Waals surface area contributed by atoms with Gasteiger partial charge < -0.3 is 5.32 Å². The lowest BCUT2D eigenvalue weighted by Gasteiger charge is -2.02. The van der Waals surface area contributed by atoms with Gasteiger partial charge >= 0.3 is 0 Å². The van der Waals surface area contributed by atoms with Crippen LogP contribution < -0.4 is 5.32 Å². The number of aromatic nitrogens is 3. The molecular weight excluding hydrogens is 240 g/mol. The number of carbonyl (C=O) groups is 1. The Bertz CT molecular complexity index is 734. The van der Waals surface area contributed by atoms with Gasteiger partial charge in [0.15, 0.2) is 5.69 Å². The highest BCUT2D eigenvalue weighted by Gasteiger charge is 2.14. The Balaban J connectivity index is 1.96. The van der Waals surface area contributed by atoms with Gasteiger partial charge in [0.25, 0.3) is 5.91 Å². The minimum Gasteiger partial charge on any atom is -0.320 e. The van der Waals surface area contributed by atoms with Crippen molar-refractivity contribution in [3.63, 3.8) is 0 Å². The Morgan fingerprint density at radius 1 is 1.21 bits per heavy atom. The highest BCUT2D eigenvalue weighted by Crippen LogP contribution is 2.18. The van der Waals surface area contributed by atoms with Crippen LogP contribution in [-0.2, 0) is 0 Å². The molecule has 0 aliphatic heterocycles. The van der Waals surface area contributed by atoms with E-state index in [0.717, 1.165) is 16.5 Å². The zero-order chi connectivity index (χ0) is 13.2. The molecule has 1 amide bonds. The number of fused-ring (bicyclic) bond motifs is 1. The first kappa shape index (κ1) is 11.4. The maximum absolute atomic E-state index is 12.2. The molecule has 0 saturated carbocycles. The van der Waals surface area contributed by atoms with Crippen molar-refractivity contribution in [3.8, 4) is 0 Å². The first-order valence-electron chi connectivity index (χ1n) is 5.90. The predicted octanol–water partition coefficient (Wildman–Crippen LogP) is 2.52. The number of nitrogens with zero attached hydrogens (tertiary/aromatic N) is 2. The van der Waals surface area contributed by atoms with Crippen molar-refractivity contribution >= 4 is 22.5 Å². The molecule has 3 rings (SSSR count). The van der Waals surface area contributed by atoms with Gasteiger partial charge in [0.05, 0.1) is 5.52 Å². The van der Waals surface area contributed by atoms with Crippen molar-refractivity contribution in [2.45, 2.75) is 6.92 Å². The van der Waals surface area contributed by atoms with E-state index in [4.69, 9.17) is 0 Å². The van der Waals surface area contributed by atoms with E-state index >= 15 is 0 Å². The van der Waals surface area contributed by atoms with E-state index < -0.39 is 0 Å². The number of aryl methyl sites for hydroxylation is 1. The summed E-state index contributed by atoms with van der Waals surface area (Å²) in [5.41, 5.74) is 3.04. The molecule has 5 nitrogen and oxygen atoms in total. The lowest BCUT2D eigenvalue weighted by molar-refractivity contribution is 0.102. The van der Waals surface area contributed by atoms with Gasteiger partial charge in [-0.15, -0.1) is 0 Å². The van der Waals surface area contributed by atoms with Crippen molar-refractivity contribution in [3.05, 3.63) is 54.0 Å². The summed E-state index contributed by atoms with van der Waals surface area (Å²) in [5.74, 6) is -0.233. The summed E-state index contributed by atoms with van der Waals surface area (Å²) in [6.45, 7) is 1.98. The average molecular weight is 252 g/mol. The smallest absolute Gasteiger partial charge is 0.276 e. The van der Waals surface area contributed by atoms with E-state index in [1.54, 1.807) is 24.5 Å². The molecule has 2 N–H and O–H groups in total. The molecule has 0 aliphatic rings. The normalized spacial score (nSPS) is 10.6. The second-order valence-electron chi connectivity index (χ2n) is 4.31. The van der Waals surface area contributed by atoms with E-state index in [9.17, 15) is 4.79 Å². The van der Waals surface area contributed by atoms with Gasteiger partial charge in [-0.25, -0.2) is 0 Å². The number of nitrogens with one attached hydrogen (secondary N) is 2. The Labute approximate surface area is 109 Å². The standard InChI is InChI=1S/C14H12N4O/c1-9-2-3-12-11(8-9)13(18-17-12)14(19)16-10-4-6-15-7-5-10/h2-8H,1H3,(H,17,18)(H,15,16,19). The summed E-state index contributed by atoms with van der Waals surface area (Å²) in [4.78, 5) is 16.1. The van der Waals surface area contributed by atoms with Crippen molar-refractivity contribution < 1.29 is 4.79 Å². The predicted molar refractivity (Wildman–Crippen MR) is 73.0 cm³/mol. The first-order chi connectivity index (χ1) is 9.24. The fourth-order valence-electron chi connectivity index (χ4n) is 1.93. The molecule has 3 aromatic rings. The molecule has 0 bridgehead atoms. The molecule has 1 aromatic carbocycles. The van der Waals surface area contributed by atoms with E-state index in [2.05, 4.69) is 20.5 Å². The van der Waals surface area contributed by atoms with E-state index in [-0.39, 0.29) is 5.91 Å². The van der Waals surface area contributed by atoms with Crippen LogP contribution in [0.15, 0.2) is 42.7 Å². The summed E-state index contributed by atoms with van der Waals surface area (Å²) in [6.07, 6.45) is 3.25. The van der Waals surface area contributed by atoms with Gasteiger partial charge in [0, 0.05) is 23.5 Å². The van der Waals surface area contributed by atoms with Gasteiger partial charge in [-0.2, -0.15) is 5.10 Å². The minimum atomic E-state index is -0.233. The highest BCUT2D eigenvalue weighted by molar-refractivity contribution is 6.11. The second-order valence-corrected chi connectivity index (χ2v) is 4.31. The molecule has 94 valence electrons. The fourth-order valence-corrected chi connectivity index (χ4v) is 1.93. The Morgan fingerprint density at radius 2 is 2.00 bits per heavy atom. The SMILES string of the molecule is Cc1ccc2[nH]nc(C(=O)Nc3ccncc3)c2c1. The van der Waals surface area contributed by atoms with Crippen LogP contribution in [0.1, 0.15) is 16.1 Å². The zero-order valence-corrected chi connectivity index (χ0v) is 10.3. The molecule has 0 unspecified atom stereocenters. The lowest BCUT2D eigenvalue weighted by Crippen LogP contribution is -2.12. The van der Waals surface area contributed by atoms with Crippen LogP contribution in [0.3, 0.4) is 0 Å². The number of H-pyrrole nitrogens is 1. The summed E-state index contributed by atoms with van der Waals surface area (Å²) in [5, 5.41) is 10.6. The molecular formula is C14H12N4O. The van der Waals surface area contributed by atoms with Crippen molar-refractivity contribution in [2.24, 2.45) is 0 Å². The molecule has 0 saturated heterocycles. The first-order valence-corrected chi connectivity index (χ1v) is 5.90. The van der Waals surface area contributed by atoms with E-state index in [1.165, 1.54) is 0 Å². The van der Waals surface area contributed by atoms with E-state index in [0.29, 0.717) is 11.4 Å². The maximum Gasteiger partial charge on any atom is 0.276 e. The van der Waals surface area contributed by atoms with Crippen LogP contribution in [0.4, 0.5) is 5.69 Å². The molecule has 0 fully saturated rings. The van der Waals surface area contributed by atoms with Gasteiger partial charge in [0.2, 0.25) is 0 Å². The van der Waals surface area contributed by atoms with Crippen LogP contribution in [0.5, 0.6) is 0 Å². The highest BCUT2D eigenvalue weighted by atomic mass is 16.1. The number of aromatic amines is 1. The largest absolute Gasteiger partial charge is 0.320 e. The van der Waals surface area contributed by atoms with Crippen LogP contribution in [0.25, 0.3) is 10.9 Å². The molecule has 19 heavy (non-hydrogen) atoms. The maximum atomic E-state index is 12.2. The number of amides is 1. The summed E-state index contributed by atoms with van der Waals surface area (Å²) >= 11 is 0. The monoisotopic (exact) mass is 252 g/mol. The Morgan fingerprint density at radius 3 is 2.79 bits per heavy atom. The number of rotatable bonds is 2. The molecule has 0 radical (unpaired) electrons. The second kappa shape index (κ2) is 4.53. The third-order valence-electron chi connectivity index (χ3n) is 2.87. The molecule has 5 heteroatoms. The summed E-state index contributed by atoms with van der Waals surface area (Å²) in [7, 11) is 0. The number of carbonyl (C=O) groups excluding carboxylic acids is 1. The Kier molecular flexibility index (Phi) is 2.72. The minimum absolute atomic E-state index is 0.233. The molecule has 0 aliphatic carbocycles. The third kappa shape index (κ3) is 2.18. The van der Waals surface area contributed by atoms with Crippen LogP contribution in [0, 0.1) is 6.92 Å². The number of anilines is 1. The van der Waals surface area contributed by atoms with Crippen LogP contribution >= 0.6 is 0 Å². The number of hydrogen-bond acceptors (Lipinski definition) is 3. The quantitative estimate of drug-likeness (QED) is 0.736. The average Bonchev–Trinajstić information content (AvgIpc) is 2.82. The van der Waals surface area contributed by atoms with Gasteiger partial charge in [-0.3, -0.25) is 14.9 Å². The molecule has 2 aromatic heterocycles. The van der Waals surface area contributed by atoms with Crippen LogP contribution in [-0.4, -0.2) is 21.1 Å². The Hall–Kier alpha value is -2.69. The van der Waals surface area contributed by atoms with Gasteiger partial charge in [-0.05, 0) is 31.2 Å². The molecule has 0 atom stereocenters. The number of pyridine rings is 1. The van der Waals surface area contributed by atoms with Crippen molar-refractivity contribution in [2.75, 3.05) is 5.32 Å². The van der Waals surface area contributed by atoms with Crippen molar-refractivity contribution in [1.82, 2.24) is 15.2 Å².